The summed E-state index contributed by atoms with van der Waals surface area (Å²) in [6, 6.07) is 16.7. The van der Waals surface area contributed by atoms with Crippen molar-refractivity contribution in [2.45, 2.75) is 31.9 Å². The van der Waals surface area contributed by atoms with Gasteiger partial charge in [0, 0.05) is 18.0 Å². The van der Waals surface area contributed by atoms with Crippen LogP contribution in [-0.4, -0.2) is 5.60 Å². The van der Waals surface area contributed by atoms with Gasteiger partial charge in [0.2, 0.25) is 0 Å². The van der Waals surface area contributed by atoms with Gasteiger partial charge < -0.3 is 10.5 Å². The van der Waals surface area contributed by atoms with Crippen LogP contribution < -0.4 is 10.5 Å². The van der Waals surface area contributed by atoms with E-state index in [-0.39, 0.29) is 24.0 Å². The molecular weight excluding hydrogens is 270 g/mol. The van der Waals surface area contributed by atoms with Gasteiger partial charge in [-0.3, -0.25) is 0 Å². The van der Waals surface area contributed by atoms with Crippen molar-refractivity contribution < 1.29 is 4.74 Å². The largest absolute Gasteiger partial charge is 0.487 e. The fraction of sp³-hybridized carbons (Fsp3) is 0.294. The van der Waals surface area contributed by atoms with Crippen LogP contribution in [0.15, 0.2) is 48.5 Å². The van der Waals surface area contributed by atoms with E-state index in [0.29, 0.717) is 0 Å². The zero-order chi connectivity index (χ0) is 13.5. The van der Waals surface area contributed by atoms with Gasteiger partial charge in [0.05, 0.1) is 0 Å². The third-order valence-corrected chi connectivity index (χ3v) is 3.61. The van der Waals surface area contributed by atoms with Crippen molar-refractivity contribution in [2.24, 2.45) is 5.73 Å². The van der Waals surface area contributed by atoms with Crippen LogP contribution in [0, 0.1) is 0 Å². The highest BCUT2D eigenvalue weighted by molar-refractivity contribution is 5.85. The number of nitrogens with two attached hydrogens (primary N) is 1. The Hall–Kier alpha value is -1.51. The summed E-state index contributed by atoms with van der Waals surface area (Å²) in [5.41, 5.74) is 9.62. The number of hydrogen-bond donors (Lipinski definition) is 1. The summed E-state index contributed by atoms with van der Waals surface area (Å²) in [5, 5.41) is 0. The molecule has 1 unspecified atom stereocenters. The maximum atomic E-state index is 6.29. The first-order valence-corrected chi connectivity index (χ1v) is 6.69. The van der Waals surface area contributed by atoms with Gasteiger partial charge >= 0.3 is 0 Å². The summed E-state index contributed by atoms with van der Waals surface area (Å²) < 4.78 is 6.00. The maximum Gasteiger partial charge on any atom is 0.124 e. The van der Waals surface area contributed by atoms with E-state index in [2.05, 4.69) is 38.1 Å². The van der Waals surface area contributed by atoms with E-state index < -0.39 is 0 Å². The molecule has 0 amide bonds. The summed E-state index contributed by atoms with van der Waals surface area (Å²) in [7, 11) is 0. The Bertz CT molecular complexity index is 595. The molecule has 106 valence electrons. The Balaban J connectivity index is 0.00000147. The fourth-order valence-corrected chi connectivity index (χ4v) is 2.72. The molecule has 0 radical (unpaired) electrons. The molecule has 0 bridgehead atoms. The smallest absolute Gasteiger partial charge is 0.124 e. The molecule has 1 heterocycles. The van der Waals surface area contributed by atoms with Crippen LogP contribution in [0.5, 0.6) is 5.75 Å². The number of halogens is 1. The van der Waals surface area contributed by atoms with Crippen molar-refractivity contribution in [1.29, 1.82) is 0 Å². The van der Waals surface area contributed by atoms with Crippen molar-refractivity contribution in [3.05, 3.63) is 54.1 Å². The second-order valence-electron chi connectivity index (χ2n) is 5.79. The molecule has 1 aliphatic heterocycles. The molecule has 20 heavy (non-hydrogen) atoms. The van der Waals surface area contributed by atoms with E-state index in [9.17, 15) is 0 Å². The van der Waals surface area contributed by atoms with Gasteiger partial charge in [0.15, 0.2) is 0 Å². The summed E-state index contributed by atoms with van der Waals surface area (Å²) in [5.74, 6) is 0.920. The molecule has 0 fully saturated rings. The standard InChI is InChI=1S/C17H19NO.ClH/c1-17(2)11-15(18)14-10-13(8-9-16(14)19-17)12-6-4-3-5-7-12;/h3-10,15H,11,18H2,1-2H3;1H. The van der Waals surface area contributed by atoms with Gasteiger partial charge in [-0.05, 0) is 37.1 Å². The summed E-state index contributed by atoms with van der Waals surface area (Å²) in [6.45, 7) is 4.17. The predicted octanol–water partition coefficient (Wildman–Crippen LogP) is 4.34. The second-order valence-corrected chi connectivity index (χ2v) is 5.79. The van der Waals surface area contributed by atoms with E-state index in [0.717, 1.165) is 17.7 Å². The highest BCUT2D eigenvalue weighted by atomic mass is 35.5. The van der Waals surface area contributed by atoms with Crippen molar-refractivity contribution in [3.8, 4) is 16.9 Å². The van der Waals surface area contributed by atoms with Gasteiger partial charge in [-0.15, -0.1) is 12.4 Å². The van der Waals surface area contributed by atoms with Crippen LogP contribution in [0.3, 0.4) is 0 Å². The maximum absolute atomic E-state index is 6.29. The Morgan fingerprint density at radius 2 is 1.75 bits per heavy atom. The lowest BCUT2D eigenvalue weighted by Gasteiger charge is -2.36. The SMILES string of the molecule is CC1(C)CC(N)c2cc(-c3ccccc3)ccc2O1.Cl. The molecule has 3 rings (SSSR count). The zero-order valence-corrected chi connectivity index (χ0v) is 12.6. The normalized spacial score (nSPS) is 19.4. The molecule has 1 aliphatic rings. The van der Waals surface area contributed by atoms with E-state index in [4.69, 9.17) is 10.5 Å². The van der Waals surface area contributed by atoms with Gasteiger partial charge in [-0.25, -0.2) is 0 Å². The minimum atomic E-state index is -0.180. The summed E-state index contributed by atoms with van der Waals surface area (Å²) in [6.07, 6.45) is 0.845. The lowest BCUT2D eigenvalue weighted by atomic mass is 9.89. The molecule has 0 saturated carbocycles. The van der Waals surface area contributed by atoms with Gasteiger partial charge in [0.1, 0.15) is 11.4 Å². The number of ether oxygens (including phenoxy) is 1. The van der Waals surface area contributed by atoms with Gasteiger partial charge in [-0.2, -0.15) is 0 Å². The molecule has 1 atom stereocenters. The van der Waals surface area contributed by atoms with Crippen molar-refractivity contribution in [3.63, 3.8) is 0 Å². The quantitative estimate of drug-likeness (QED) is 0.848. The summed E-state index contributed by atoms with van der Waals surface area (Å²) in [4.78, 5) is 0. The molecule has 2 N–H and O–H groups in total. The third-order valence-electron chi connectivity index (χ3n) is 3.61. The molecule has 2 aromatic carbocycles. The molecule has 2 aromatic rings. The lowest BCUT2D eigenvalue weighted by molar-refractivity contribution is 0.0729. The van der Waals surface area contributed by atoms with Crippen molar-refractivity contribution in [2.75, 3.05) is 0 Å². The number of benzene rings is 2. The number of fused-ring (bicyclic) bond motifs is 1. The third kappa shape index (κ3) is 2.82. The average molecular weight is 290 g/mol. The number of rotatable bonds is 1. The fourth-order valence-electron chi connectivity index (χ4n) is 2.72. The Kier molecular flexibility index (Phi) is 4.07. The van der Waals surface area contributed by atoms with Crippen LogP contribution in [0.25, 0.3) is 11.1 Å². The molecule has 0 aliphatic carbocycles. The van der Waals surface area contributed by atoms with Crippen LogP contribution in [-0.2, 0) is 0 Å². The zero-order valence-electron chi connectivity index (χ0n) is 11.8. The van der Waals surface area contributed by atoms with E-state index in [1.54, 1.807) is 0 Å². The first-order chi connectivity index (χ1) is 9.05. The second kappa shape index (κ2) is 5.47. The van der Waals surface area contributed by atoms with Crippen molar-refractivity contribution in [1.82, 2.24) is 0 Å². The van der Waals surface area contributed by atoms with Gasteiger partial charge in [0.25, 0.3) is 0 Å². The van der Waals surface area contributed by atoms with Crippen LogP contribution in [0.1, 0.15) is 31.9 Å². The Morgan fingerprint density at radius 1 is 1.05 bits per heavy atom. The van der Waals surface area contributed by atoms with E-state index in [1.165, 1.54) is 11.1 Å². The average Bonchev–Trinajstić information content (AvgIpc) is 2.38. The lowest BCUT2D eigenvalue weighted by Crippen LogP contribution is -2.37. The minimum Gasteiger partial charge on any atom is -0.487 e. The minimum absolute atomic E-state index is 0. The molecule has 0 saturated heterocycles. The number of hydrogen-bond acceptors (Lipinski definition) is 2. The monoisotopic (exact) mass is 289 g/mol. The molecule has 3 heteroatoms. The topological polar surface area (TPSA) is 35.2 Å². The van der Waals surface area contributed by atoms with Crippen LogP contribution >= 0.6 is 12.4 Å². The summed E-state index contributed by atoms with van der Waals surface area (Å²) >= 11 is 0. The van der Waals surface area contributed by atoms with Crippen molar-refractivity contribution >= 4 is 12.4 Å². The highest BCUT2D eigenvalue weighted by Crippen LogP contribution is 2.40. The predicted molar refractivity (Wildman–Crippen MR) is 85.4 cm³/mol. The van der Waals surface area contributed by atoms with Crippen LogP contribution in [0.2, 0.25) is 0 Å². The van der Waals surface area contributed by atoms with Gasteiger partial charge in [-0.1, -0.05) is 36.4 Å². The van der Waals surface area contributed by atoms with E-state index in [1.807, 2.05) is 24.3 Å². The molecule has 0 aromatic heterocycles. The first kappa shape index (κ1) is 14.9. The van der Waals surface area contributed by atoms with Crippen LogP contribution in [0.4, 0.5) is 0 Å². The highest BCUT2D eigenvalue weighted by Gasteiger charge is 2.31. The Morgan fingerprint density at radius 3 is 2.45 bits per heavy atom. The Labute approximate surface area is 126 Å². The molecule has 2 nitrogen and oxygen atoms in total. The van der Waals surface area contributed by atoms with E-state index >= 15 is 0 Å². The first-order valence-electron chi connectivity index (χ1n) is 6.69. The molecular formula is C17H20ClNO. The molecule has 0 spiro atoms.